The lowest BCUT2D eigenvalue weighted by atomic mass is 10.3. The van der Waals surface area contributed by atoms with Crippen LogP contribution in [-0.2, 0) is 0 Å². The SMILES string of the molecule is NC(=O)c1cnc(Nc2ccc(OCCN3CCCC3)c(F)c2)nc1. The van der Waals surface area contributed by atoms with Gasteiger partial charge in [-0.2, -0.15) is 0 Å². The Morgan fingerprint density at radius 2 is 2.00 bits per heavy atom. The van der Waals surface area contributed by atoms with E-state index in [0.29, 0.717) is 12.3 Å². The summed E-state index contributed by atoms with van der Waals surface area (Å²) >= 11 is 0. The van der Waals surface area contributed by atoms with Gasteiger partial charge < -0.3 is 15.8 Å². The van der Waals surface area contributed by atoms with Crippen molar-refractivity contribution in [1.82, 2.24) is 14.9 Å². The summed E-state index contributed by atoms with van der Waals surface area (Å²) in [5.41, 5.74) is 5.82. The number of rotatable bonds is 7. The Morgan fingerprint density at radius 1 is 1.28 bits per heavy atom. The van der Waals surface area contributed by atoms with Gasteiger partial charge in [-0.25, -0.2) is 14.4 Å². The first kappa shape index (κ1) is 17.1. The third kappa shape index (κ3) is 4.63. The second-order valence-electron chi connectivity index (χ2n) is 5.83. The number of benzene rings is 1. The molecular weight excluding hydrogens is 325 g/mol. The standard InChI is InChI=1S/C17H20FN5O2/c18-14-9-13(22-17-20-10-12(11-21-17)16(19)24)3-4-15(14)25-8-7-23-5-1-2-6-23/h3-4,9-11H,1-2,5-8H2,(H2,19,24)(H,20,21,22). The van der Waals surface area contributed by atoms with E-state index in [4.69, 9.17) is 10.5 Å². The molecule has 1 fully saturated rings. The van der Waals surface area contributed by atoms with Crippen LogP contribution in [0.1, 0.15) is 23.2 Å². The smallest absolute Gasteiger partial charge is 0.251 e. The van der Waals surface area contributed by atoms with Gasteiger partial charge in [0, 0.05) is 30.7 Å². The number of anilines is 2. The van der Waals surface area contributed by atoms with Crippen LogP contribution in [0.25, 0.3) is 0 Å². The zero-order valence-corrected chi connectivity index (χ0v) is 13.7. The maximum atomic E-state index is 14.1. The molecule has 1 aromatic heterocycles. The fourth-order valence-corrected chi connectivity index (χ4v) is 2.64. The first-order chi connectivity index (χ1) is 12.1. The molecular formula is C17H20FN5O2. The van der Waals surface area contributed by atoms with Crippen molar-refractivity contribution in [1.29, 1.82) is 0 Å². The Balaban J connectivity index is 1.56. The van der Waals surface area contributed by atoms with E-state index in [9.17, 15) is 9.18 Å². The molecule has 0 bridgehead atoms. The minimum absolute atomic E-state index is 0.207. The molecule has 0 unspecified atom stereocenters. The molecule has 3 rings (SSSR count). The zero-order chi connectivity index (χ0) is 17.6. The van der Waals surface area contributed by atoms with Gasteiger partial charge in [0.1, 0.15) is 6.61 Å². The summed E-state index contributed by atoms with van der Waals surface area (Å²) in [6, 6.07) is 4.57. The number of amides is 1. The van der Waals surface area contributed by atoms with Crippen molar-refractivity contribution in [3.05, 3.63) is 42.0 Å². The molecule has 0 saturated carbocycles. The molecule has 2 heterocycles. The molecule has 0 atom stereocenters. The normalized spacial score (nSPS) is 14.4. The van der Waals surface area contributed by atoms with Crippen LogP contribution in [0.4, 0.5) is 16.0 Å². The molecule has 25 heavy (non-hydrogen) atoms. The van der Waals surface area contributed by atoms with Crippen LogP contribution in [-0.4, -0.2) is 47.0 Å². The van der Waals surface area contributed by atoms with Crippen molar-refractivity contribution in [3.8, 4) is 5.75 Å². The molecule has 1 aliphatic rings. The summed E-state index contributed by atoms with van der Waals surface area (Å²) in [6.45, 7) is 3.44. The number of primary amides is 1. The van der Waals surface area contributed by atoms with Crippen molar-refractivity contribution in [3.63, 3.8) is 0 Å². The fourth-order valence-electron chi connectivity index (χ4n) is 2.64. The summed E-state index contributed by atoms with van der Waals surface area (Å²) < 4.78 is 19.7. The Labute approximate surface area is 145 Å². The van der Waals surface area contributed by atoms with Crippen LogP contribution in [0.2, 0.25) is 0 Å². The van der Waals surface area contributed by atoms with Gasteiger partial charge in [0.2, 0.25) is 5.95 Å². The molecule has 1 aromatic carbocycles. The van der Waals surface area contributed by atoms with Crippen LogP contribution in [0.5, 0.6) is 5.75 Å². The van der Waals surface area contributed by atoms with Crippen LogP contribution >= 0.6 is 0 Å². The van der Waals surface area contributed by atoms with Gasteiger partial charge in [0.25, 0.3) is 5.91 Å². The molecule has 1 amide bonds. The highest BCUT2D eigenvalue weighted by molar-refractivity contribution is 5.92. The number of carbonyl (C=O) groups is 1. The van der Waals surface area contributed by atoms with Crippen molar-refractivity contribution >= 4 is 17.5 Å². The van der Waals surface area contributed by atoms with Gasteiger partial charge in [-0.1, -0.05) is 0 Å². The number of carbonyl (C=O) groups excluding carboxylic acids is 1. The second-order valence-corrected chi connectivity index (χ2v) is 5.83. The Hall–Kier alpha value is -2.74. The highest BCUT2D eigenvalue weighted by Crippen LogP contribution is 2.23. The van der Waals surface area contributed by atoms with Gasteiger partial charge >= 0.3 is 0 Å². The van der Waals surface area contributed by atoms with Crippen LogP contribution in [0, 0.1) is 5.82 Å². The maximum absolute atomic E-state index is 14.1. The average Bonchev–Trinajstić information content (AvgIpc) is 3.11. The molecule has 8 heteroatoms. The van der Waals surface area contributed by atoms with E-state index in [1.165, 1.54) is 31.3 Å². The van der Waals surface area contributed by atoms with E-state index in [1.54, 1.807) is 12.1 Å². The number of nitrogens with two attached hydrogens (primary N) is 1. The monoisotopic (exact) mass is 345 g/mol. The van der Waals surface area contributed by atoms with Crippen molar-refractivity contribution in [2.45, 2.75) is 12.8 Å². The Kier molecular flexibility index (Phi) is 5.39. The third-order valence-electron chi connectivity index (χ3n) is 3.99. The topological polar surface area (TPSA) is 93.4 Å². The van der Waals surface area contributed by atoms with Crippen LogP contribution in [0.15, 0.2) is 30.6 Å². The lowest BCUT2D eigenvalue weighted by Crippen LogP contribution is -2.25. The first-order valence-corrected chi connectivity index (χ1v) is 8.15. The van der Waals surface area contributed by atoms with E-state index < -0.39 is 11.7 Å². The number of halogens is 1. The molecule has 2 aromatic rings. The lowest BCUT2D eigenvalue weighted by Gasteiger charge is -2.15. The van der Waals surface area contributed by atoms with Gasteiger partial charge in [0.05, 0.1) is 5.56 Å². The van der Waals surface area contributed by atoms with Gasteiger partial charge in [-0.05, 0) is 38.1 Å². The number of nitrogens with one attached hydrogen (secondary N) is 1. The molecule has 0 radical (unpaired) electrons. The number of hydrogen-bond acceptors (Lipinski definition) is 6. The van der Waals surface area contributed by atoms with Gasteiger partial charge in [-0.15, -0.1) is 0 Å². The average molecular weight is 345 g/mol. The number of hydrogen-bond donors (Lipinski definition) is 2. The Morgan fingerprint density at radius 3 is 2.64 bits per heavy atom. The highest BCUT2D eigenvalue weighted by atomic mass is 19.1. The van der Waals surface area contributed by atoms with E-state index in [0.717, 1.165) is 19.6 Å². The van der Waals surface area contributed by atoms with Crippen LogP contribution < -0.4 is 15.8 Å². The highest BCUT2D eigenvalue weighted by Gasteiger charge is 2.12. The molecule has 0 spiro atoms. The number of aromatic nitrogens is 2. The summed E-state index contributed by atoms with van der Waals surface area (Å²) in [7, 11) is 0. The minimum Gasteiger partial charge on any atom is -0.489 e. The largest absolute Gasteiger partial charge is 0.489 e. The number of ether oxygens (including phenoxy) is 1. The van der Waals surface area contributed by atoms with E-state index in [1.807, 2.05) is 0 Å². The van der Waals surface area contributed by atoms with Gasteiger partial charge in [-0.3, -0.25) is 9.69 Å². The summed E-state index contributed by atoms with van der Waals surface area (Å²) in [4.78, 5) is 21.2. The fraction of sp³-hybridized carbons (Fsp3) is 0.353. The van der Waals surface area contributed by atoms with Crippen LogP contribution in [0.3, 0.4) is 0 Å². The molecule has 3 N–H and O–H groups in total. The number of nitrogens with zero attached hydrogens (tertiary/aromatic N) is 3. The van der Waals surface area contributed by atoms with E-state index in [-0.39, 0.29) is 17.3 Å². The second kappa shape index (κ2) is 7.89. The predicted molar refractivity (Wildman–Crippen MR) is 91.4 cm³/mol. The quantitative estimate of drug-likeness (QED) is 0.796. The summed E-state index contributed by atoms with van der Waals surface area (Å²) in [5, 5.41) is 2.86. The molecule has 132 valence electrons. The van der Waals surface area contributed by atoms with Crippen molar-refractivity contribution in [2.24, 2.45) is 5.73 Å². The zero-order valence-electron chi connectivity index (χ0n) is 13.7. The van der Waals surface area contributed by atoms with E-state index >= 15 is 0 Å². The van der Waals surface area contributed by atoms with Crippen molar-refractivity contribution in [2.75, 3.05) is 31.6 Å². The maximum Gasteiger partial charge on any atom is 0.251 e. The third-order valence-corrected chi connectivity index (χ3v) is 3.99. The predicted octanol–water partition coefficient (Wildman–Crippen LogP) is 1.93. The van der Waals surface area contributed by atoms with Gasteiger partial charge in [0.15, 0.2) is 11.6 Å². The minimum atomic E-state index is -0.604. The molecule has 1 aliphatic heterocycles. The van der Waals surface area contributed by atoms with Crippen molar-refractivity contribution < 1.29 is 13.9 Å². The summed E-state index contributed by atoms with van der Waals surface area (Å²) in [5.74, 6) is -0.602. The Bertz CT molecular complexity index is 732. The lowest BCUT2D eigenvalue weighted by molar-refractivity contribution is 0.0999. The molecule has 0 aliphatic carbocycles. The number of likely N-dealkylation sites (tertiary alicyclic amines) is 1. The van der Waals surface area contributed by atoms with E-state index in [2.05, 4.69) is 20.2 Å². The molecule has 7 nitrogen and oxygen atoms in total. The molecule has 1 saturated heterocycles. The first-order valence-electron chi connectivity index (χ1n) is 8.15. The summed E-state index contributed by atoms with van der Waals surface area (Å²) in [6.07, 6.45) is 5.06.